The number of hydrogen-bond donors (Lipinski definition) is 3. The van der Waals surface area contributed by atoms with Crippen LogP contribution in [0.5, 0.6) is 0 Å². The Labute approximate surface area is 191 Å². The van der Waals surface area contributed by atoms with Crippen LogP contribution < -0.4 is 15.5 Å². The first kappa shape index (κ1) is 20.7. The third kappa shape index (κ3) is 4.85. The molecule has 3 N–H and O–H groups in total. The van der Waals surface area contributed by atoms with E-state index in [0.717, 1.165) is 30.0 Å². The zero-order valence-electron chi connectivity index (χ0n) is 17.9. The van der Waals surface area contributed by atoms with Crippen molar-refractivity contribution >= 4 is 23.5 Å². The zero-order chi connectivity index (χ0) is 22.8. The lowest BCUT2D eigenvalue weighted by Crippen LogP contribution is -2.36. The fourth-order valence-electron chi connectivity index (χ4n) is 4.10. The molecule has 0 spiro atoms. The molecule has 166 valence electrons. The van der Waals surface area contributed by atoms with Crippen molar-refractivity contribution in [1.82, 2.24) is 20.3 Å². The second-order valence-electron chi connectivity index (χ2n) is 8.40. The maximum atomic E-state index is 10.9. The molecule has 0 bridgehead atoms. The number of nitriles is 1. The number of amides is 1. The molecule has 33 heavy (non-hydrogen) atoms. The van der Waals surface area contributed by atoms with Gasteiger partial charge in [-0.05, 0) is 67.1 Å². The first-order chi connectivity index (χ1) is 16.1. The van der Waals surface area contributed by atoms with Gasteiger partial charge in [-0.25, -0.2) is 19.7 Å². The molecule has 4 heterocycles. The maximum Gasteiger partial charge on any atom is 0.404 e. The topological polar surface area (TPSA) is 127 Å². The number of rotatable bonds is 6. The van der Waals surface area contributed by atoms with Crippen molar-refractivity contribution in [3.8, 4) is 17.3 Å². The summed E-state index contributed by atoms with van der Waals surface area (Å²) in [6.45, 7) is 1.37. The summed E-state index contributed by atoms with van der Waals surface area (Å²) in [6.07, 6.45) is 5.52. The Morgan fingerprint density at radius 1 is 1.12 bits per heavy atom. The second-order valence-corrected chi connectivity index (χ2v) is 8.40. The maximum absolute atomic E-state index is 10.9. The van der Waals surface area contributed by atoms with Gasteiger partial charge in [-0.3, -0.25) is 0 Å². The molecule has 0 radical (unpaired) electrons. The molecule has 9 nitrogen and oxygen atoms in total. The van der Waals surface area contributed by atoms with Crippen LogP contribution in [0.3, 0.4) is 0 Å². The molecule has 1 aliphatic heterocycles. The van der Waals surface area contributed by atoms with Crippen LogP contribution in [-0.2, 0) is 0 Å². The molecular weight excluding hydrogens is 418 g/mol. The summed E-state index contributed by atoms with van der Waals surface area (Å²) >= 11 is 0. The molecule has 1 aliphatic carbocycles. The quantitative estimate of drug-likeness (QED) is 0.526. The number of carbonyl (C=O) groups is 1. The van der Waals surface area contributed by atoms with Crippen LogP contribution in [0.1, 0.15) is 36.3 Å². The highest BCUT2D eigenvalue weighted by Gasteiger charge is 2.26. The predicted octanol–water partition coefficient (Wildman–Crippen LogP) is 3.88. The van der Waals surface area contributed by atoms with E-state index in [-0.39, 0.29) is 6.04 Å². The van der Waals surface area contributed by atoms with Gasteiger partial charge in [-0.1, -0.05) is 0 Å². The Kier molecular flexibility index (Phi) is 5.48. The van der Waals surface area contributed by atoms with E-state index in [9.17, 15) is 4.79 Å². The Balaban J connectivity index is 1.37. The van der Waals surface area contributed by atoms with Crippen molar-refractivity contribution in [1.29, 1.82) is 5.26 Å². The van der Waals surface area contributed by atoms with Crippen LogP contribution in [0.15, 0.2) is 48.8 Å². The highest BCUT2D eigenvalue weighted by atomic mass is 16.4. The Bertz CT molecular complexity index is 1220. The largest absolute Gasteiger partial charge is 0.465 e. The van der Waals surface area contributed by atoms with E-state index < -0.39 is 6.09 Å². The fourth-order valence-corrected chi connectivity index (χ4v) is 4.10. The van der Waals surface area contributed by atoms with E-state index in [1.165, 1.54) is 18.4 Å². The summed E-state index contributed by atoms with van der Waals surface area (Å²) in [5, 5.41) is 23.8. The molecular formula is C24H23N7O2. The van der Waals surface area contributed by atoms with Gasteiger partial charge in [-0.2, -0.15) is 5.26 Å². The first-order valence-electron chi connectivity index (χ1n) is 10.9. The monoisotopic (exact) mass is 441 g/mol. The number of nitrogens with one attached hydrogen (secondary N) is 2. The van der Waals surface area contributed by atoms with Gasteiger partial charge in [0.15, 0.2) is 0 Å². The molecule has 3 aromatic heterocycles. The van der Waals surface area contributed by atoms with Crippen LogP contribution in [-0.4, -0.2) is 45.3 Å². The summed E-state index contributed by atoms with van der Waals surface area (Å²) in [7, 11) is 0. The van der Waals surface area contributed by atoms with Crippen LogP contribution in [0, 0.1) is 11.3 Å². The lowest BCUT2D eigenvalue weighted by molar-refractivity contribution is 0.191. The van der Waals surface area contributed by atoms with Gasteiger partial charge in [0, 0.05) is 31.0 Å². The molecule has 0 aromatic carbocycles. The lowest BCUT2D eigenvalue weighted by Gasteiger charge is -2.18. The predicted molar refractivity (Wildman–Crippen MR) is 123 cm³/mol. The Morgan fingerprint density at radius 2 is 2.00 bits per heavy atom. The summed E-state index contributed by atoms with van der Waals surface area (Å²) in [4.78, 5) is 26.6. The minimum Gasteiger partial charge on any atom is -0.465 e. The van der Waals surface area contributed by atoms with E-state index >= 15 is 0 Å². The molecule has 1 amide bonds. The van der Waals surface area contributed by atoms with Crippen LogP contribution in [0.4, 0.5) is 22.2 Å². The van der Waals surface area contributed by atoms with Crippen molar-refractivity contribution in [2.45, 2.75) is 31.2 Å². The number of aromatic nitrogens is 3. The van der Waals surface area contributed by atoms with Gasteiger partial charge in [0.1, 0.15) is 17.5 Å². The lowest BCUT2D eigenvalue weighted by atomic mass is 10.1. The molecule has 0 unspecified atom stereocenters. The Hall–Kier alpha value is -4.19. The van der Waals surface area contributed by atoms with Crippen LogP contribution in [0.25, 0.3) is 11.3 Å². The molecule has 1 atom stereocenters. The summed E-state index contributed by atoms with van der Waals surface area (Å²) < 4.78 is 0. The standard InChI is InChI=1S/C24H23N7O2/c25-12-15-5-7-26-21(9-15)30-22-11-18(16-1-2-16)10-20(29-22)17-3-4-23(27-13-17)31-8-6-19(14-31)28-24(32)33/h3-5,7,9-11,13,16,19,28H,1-2,6,8,14H2,(H,32,33)(H,26,29,30)/t19-/m1/s1. The van der Waals surface area contributed by atoms with E-state index in [4.69, 9.17) is 15.4 Å². The summed E-state index contributed by atoms with van der Waals surface area (Å²) in [6, 6.07) is 13.5. The number of anilines is 3. The SMILES string of the molecule is N#Cc1ccnc(Nc2cc(C3CC3)cc(-c3ccc(N4CC[C@@H](NC(=O)O)C4)nc3)n2)c1. The Morgan fingerprint density at radius 3 is 2.73 bits per heavy atom. The summed E-state index contributed by atoms with van der Waals surface area (Å²) in [5.74, 6) is 2.62. The number of pyridine rings is 3. The summed E-state index contributed by atoms with van der Waals surface area (Å²) in [5.41, 5.74) is 3.49. The van der Waals surface area contributed by atoms with E-state index in [1.54, 1.807) is 18.3 Å². The fraction of sp³-hybridized carbons (Fsp3) is 0.292. The molecule has 1 saturated carbocycles. The normalized spacial score (nSPS) is 17.4. The minimum absolute atomic E-state index is 0.0809. The van der Waals surface area contributed by atoms with E-state index in [1.807, 2.05) is 24.4 Å². The molecule has 2 fully saturated rings. The van der Waals surface area contributed by atoms with Crippen molar-refractivity contribution in [2.75, 3.05) is 23.3 Å². The van der Waals surface area contributed by atoms with E-state index in [2.05, 4.69) is 37.6 Å². The third-order valence-electron chi connectivity index (χ3n) is 5.93. The van der Waals surface area contributed by atoms with Gasteiger partial charge < -0.3 is 20.6 Å². The molecule has 1 saturated heterocycles. The third-order valence-corrected chi connectivity index (χ3v) is 5.93. The average molecular weight is 441 g/mol. The number of nitrogens with zero attached hydrogens (tertiary/aromatic N) is 5. The average Bonchev–Trinajstić information content (AvgIpc) is 3.58. The number of carboxylic acid groups (broad SMARTS) is 1. The first-order valence-corrected chi connectivity index (χ1v) is 10.9. The van der Waals surface area contributed by atoms with Crippen LogP contribution in [0.2, 0.25) is 0 Å². The van der Waals surface area contributed by atoms with Crippen LogP contribution >= 0.6 is 0 Å². The van der Waals surface area contributed by atoms with Crippen molar-refractivity contribution in [3.63, 3.8) is 0 Å². The van der Waals surface area contributed by atoms with Gasteiger partial charge >= 0.3 is 6.09 Å². The van der Waals surface area contributed by atoms with Crippen molar-refractivity contribution < 1.29 is 9.90 Å². The van der Waals surface area contributed by atoms with Gasteiger partial charge in [-0.15, -0.1) is 0 Å². The zero-order valence-corrected chi connectivity index (χ0v) is 17.9. The van der Waals surface area contributed by atoms with Gasteiger partial charge in [0.05, 0.1) is 23.4 Å². The highest BCUT2D eigenvalue weighted by molar-refractivity contribution is 5.67. The molecule has 2 aliphatic rings. The number of hydrogen-bond acceptors (Lipinski definition) is 7. The van der Waals surface area contributed by atoms with Crippen molar-refractivity contribution in [2.24, 2.45) is 0 Å². The second kappa shape index (κ2) is 8.74. The van der Waals surface area contributed by atoms with Gasteiger partial charge in [0.2, 0.25) is 0 Å². The minimum atomic E-state index is -0.995. The van der Waals surface area contributed by atoms with E-state index in [0.29, 0.717) is 29.7 Å². The smallest absolute Gasteiger partial charge is 0.404 e. The molecule has 3 aromatic rings. The van der Waals surface area contributed by atoms with Gasteiger partial charge in [0.25, 0.3) is 0 Å². The molecule has 9 heteroatoms. The van der Waals surface area contributed by atoms with Crippen molar-refractivity contribution in [3.05, 3.63) is 59.9 Å². The highest BCUT2D eigenvalue weighted by Crippen LogP contribution is 2.42. The molecule has 5 rings (SSSR count).